The van der Waals surface area contributed by atoms with Crippen LogP contribution >= 0.6 is 11.6 Å². The molecule has 1 aliphatic rings. The van der Waals surface area contributed by atoms with E-state index in [9.17, 15) is 9.59 Å². The van der Waals surface area contributed by atoms with Gasteiger partial charge in [-0.3, -0.25) is 9.69 Å². The van der Waals surface area contributed by atoms with Crippen LogP contribution in [-0.2, 0) is 9.53 Å². The lowest BCUT2D eigenvalue weighted by Gasteiger charge is -2.34. The Morgan fingerprint density at radius 1 is 1.38 bits per heavy atom. The van der Waals surface area contributed by atoms with Crippen LogP contribution in [0.4, 0.5) is 5.69 Å². The van der Waals surface area contributed by atoms with Crippen molar-refractivity contribution in [3.63, 3.8) is 0 Å². The van der Waals surface area contributed by atoms with Crippen molar-refractivity contribution in [1.82, 2.24) is 9.88 Å². The van der Waals surface area contributed by atoms with Crippen LogP contribution in [0.3, 0.4) is 0 Å². The summed E-state index contributed by atoms with van der Waals surface area (Å²) in [6, 6.07) is 5.67. The molecule has 140 valence electrons. The lowest BCUT2D eigenvalue weighted by molar-refractivity contribution is -0.118. The number of hydrogen-bond acceptors (Lipinski definition) is 4. The summed E-state index contributed by atoms with van der Waals surface area (Å²) >= 11 is 6.09. The molecule has 2 N–H and O–H groups in total. The molecule has 1 aromatic carbocycles. The van der Waals surface area contributed by atoms with Crippen molar-refractivity contribution in [2.24, 2.45) is 0 Å². The Morgan fingerprint density at radius 3 is 2.92 bits per heavy atom. The van der Waals surface area contributed by atoms with Crippen LogP contribution in [0.5, 0.6) is 0 Å². The SMILES string of the molecule is CCC1CCCCN1CC(=O)Nc1c(C(=O)OC)[nH]c2ccc(Cl)cc12. The second-order valence-electron chi connectivity index (χ2n) is 6.63. The van der Waals surface area contributed by atoms with Crippen LogP contribution in [0, 0.1) is 0 Å². The minimum absolute atomic E-state index is 0.142. The van der Waals surface area contributed by atoms with Crippen molar-refractivity contribution >= 4 is 40.1 Å². The maximum absolute atomic E-state index is 12.7. The molecular formula is C19H24ClN3O3. The maximum atomic E-state index is 12.7. The molecule has 1 amide bonds. The van der Waals surface area contributed by atoms with E-state index in [1.807, 2.05) is 0 Å². The van der Waals surface area contributed by atoms with E-state index < -0.39 is 5.97 Å². The largest absolute Gasteiger partial charge is 0.464 e. The highest BCUT2D eigenvalue weighted by Crippen LogP contribution is 2.31. The van der Waals surface area contributed by atoms with E-state index >= 15 is 0 Å². The van der Waals surface area contributed by atoms with Gasteiger partial charge in [-0.15, -0.1) is 0 Å². The smallest absolute Gasteiger partial charge is 0.356 e. The molecule has 2 heterocycles. The molecule has 3 rings (SSSR count). The third-order valence-corrected chi connectivity index (χ3v) is 5.22. The van der Waals surface area contributed by atoms with Crippen molar-refractivity contribution in [3.8, 4) is 0 Å². The average Bonchev–Trinajstić information content (AvgIpc) is 2.99. The number of anilines is 1. The topological polar surface area (TPSA) is 74.4 Å². The standard InChI is InChI=1S/C19H24ClN3O3/c1-3-13-6-4-5-9-23(13)11-16(24)22-17-14-10-12(20)7-8-15(14)21-18(17)19(25)26-2/h7-8,10,13,21H,3-6,9,11H2,1-2H3,(H,22,24). The first-order valence-corrected chi connectivity index (χ1v) is 9.34. The molecule has 0 aliphatic carbocycles. The zero-order valence-electron chi connectivity index (χ0n) is 15.1. The van der Waals surface area contributed by atoms with Crippen LogP contribution in [-0.4, -0.2) is 48.0 Å². The molecule has 26 heavy (non-hydrogen) atoms. The molecule has 0 saturated carbocycles. The van der Waals surface area contributed by atoms with Crippen LogP contribution in [0.2, 0.25) is 5.02 Å². The summed E-state index contributed by atoms with van der Waals surface area (Å²) in [7, 11) is 1.31. The molecule has 1 fully saturated rings. The Balaban J connectivity index is 1.85. The Morgan fingerprint density at radius 2 is 2.19 bits per heavy atom. The summed E-state index contributed by atoms with van der Waals surface area (Å²) in [5.74, 6) is -0.673. The van der Waals surface area contributed by atoms with E-state index in [2.05, 4.69) is 22.1 Å². The number of carbonyl (C=O) groups excluding carboxylic acids is 2. The summed E-state index contributed by atoms with van der Waals surface area (Å²) in [5, 5.41) is 4.12. The number of methoxy groups -OCH3 is 1. The number of aromatic amines is 1. The Hall–Kier alpha value is -2.05. The van der Waals surface area contributed by atoms with Crippen LogP contribution in [0.1, 0.15) is 43.1 Å². The van der Waals surface area contributed by atoms with Gasteiger partial charge in [-0.2, -0.15) is 0 Å². The lowest BCUT2D eigenvalue weighted by Crippen LogP contribution is -2.43. The number of H-pyrrole nitrogens is 1. The first kappa shape index (κ1) is 18.7. The summed E-state index contributed by atoms with van der Waals surface area (Å²) in [4.78, 5) is 30.0. The van der Waals surface area contributed by atoms with E-state index in [0.29, 0.717) is 28.7 Å². The number of fused-ring (bicyclic) bond motifs is 1. The number of rotatable bonds is 5. The predicted octanol–water partition coefficient (Wildman–Crippen LogP) is 3.81. The van der Waals surface area contributed by atoms with Gasteiger partial charge in [0.1, 0.15) is 5.69 Å². The van der Waals surface area contributed by atoms with E-state index in [4.69, 9.17) is 16.3 Å². The first-order chi connectivity index (χ1) is 12.5. The number of halogens is 1. The van der Waals surface area contributed by atoms with Crippen LogP contribution in [0.25, 0.3) is 10.9 Å². The van der Waals surface area contributed by atoms with E-state index in [-0.39, 0.29) is 11.6 Å². The van der Waals surface area contributed by atoms with Gasteiger partial charge in [0, 0.05) is 22.0 Å². The van der Waals surface area contributed by atoms with Crippen molar-refractivity contribution in [2.75, 3.05) is 25.5 Å². The highest BCUT2D eigenvalue weighted by molar-refractivity contribution is 6.31. The lowest BCUT2D eigenvalue weighted by atomic mass is 10.00. The Bertz CT molecular complexity index is 818. The number of benzene rings is 1. The monoisotopic (exact) mass is 377 g/mol. The molecule has 1 aromatic heterocycles. The maximum Gasteiger partial charge on any atom is 0.356 e. The number of aromatic nitrogens is 1. The molecule has 2 aromatic rings. The summed E-state index contributed by atoms with van der Waals surface area (Å²) in [5.41, 5.74) is 1.36. The summed E-state index contributed by atoms with van der Waals surface area (Å²) in [6.45, 7) is 3.39. The summed E-state index contributed by atoms with van der Waals surface area (Å²) in [6.07, 6.45) is 4.48. The zero-order valence-corrected chi connectivity index (χ0v) is 15.9. The van der Waals surface area contributed by atoms with Crippen LogP contribution < -0.4 is 5.32 Å². The molecule has 1 atom stereocenters. The highest BCUT2D eigenvalue weighted by Gasteiger charge is 2.25. The van der Waals surface area contributed by atoms with Gasteiger partial charge >= 0.3 is 5.97 Å². The van der Waals surface area contributed by atoms with E-state index in [1.54, 1.807) is 18.2 Å². The number of piperidine rings is 1. The fourth-order valence-electron chi connectivity index (χ4n) is 3.64. The highest BCUT2D eigenvalue weighted by atomic mass is 35.5. The van der Waals surface area contributed by atoms with Gasteiger partial charge in [-0.25, -0.2) is 4.79 Å². The van der Waals surface area contributed by atoms with Gasteiger partial charge in [0.2, 0.25) is 5.91 Å². The molecule has 0 radical (unpaired) electrons. The number of carbonyl (C=O) groups is 2. The molecule has 6 nitrogen and oxygen atoms in total. The van der Waals surface area contributed by atoms with Gasteiger partial charge < -0.3 is 15.0 Å². The quantitative estimate of drug-likeness (QED) is 0.777. The van der Waals surface area contributed by atoms with E-state index in [0.717, 1.165) is 31.3 Å². The fourth-order valence-corrected chi connectivity index (χ4v) is 3.82. The Labute approximate surface area is 157 Å². The van der Waals surface area contributed by atoms with Gasteiger partial charge in [0.25, 0.3) is 0 Å². The van der Waals surface area contributed by atoms with Gasteiger partial charge in [0.05, 0.1) is 19.3 Å². The van der Waals surface area contributed by atoms with Crippen LogP contribution in [0.15, 0.2) is 18.2 Å². The first-order valence-electron chi connectivity index (χ1n) is 8.97. The molecule has 1 saturated heterocycles. The number of likely N-dealkylation sites (tertiary alicyclic amines) is 1. The fraction of sp³-hybridized carbons (Fsp3) is 0.474. The number of hydrogen-bond donors (Lipinski definition) is 2. The molecule has 1 unspecified atom stereocenters. The third-order valence-electron chi connectivity index (χ3n) is 4.98. The third kappa shape index (κ3) is 3.86. The molecule has 7 heteroatoms. The molecular weight excluding hydrogens is 354 g/mol. The second kappa shape index (κ2) is 8.10. The second-order valence-corrected chi connectivity index (χ2v) is 7.07. The summed E-state index contributed by atoms with van der Waals surface area (Å²) < 4.78 is 4.84. The predicted molar refractivity (Wildman–Crippen MR) is 103 cm³/mol. The number of esters is 1. The van der Waals surface area contributed by atoms with Gasteiger partial charge in [0.15, 0.2) is 0 Å². The normalized spacial score (nSPS) is 18.0. The Kier molecular flexibility index (Phi) is 5.84. The average molecular weight is 378 g/mol. The van der Waals surface area contributed by atoms with Crippen molar-refractivity contribution in [3.05, 3.63) is 28.9 Å². The van der Waals surface area contributed by atoms with E-state index in [1.165, 1.54) is 13.5 Å². The number of nitrogens with zero attached hydrogens (tertiary/aromatic N) is 1. The molecule has 0 spiro atoms. The van der Waals surface area contributed by atoms with Crippen molar-refractivity contribution in [2.45, 2.75) is 38.6 Å². The zero-order chi connectivity index (χ0) is 18.7. The molecule has 0 bridgehead atoms. The van der Waals surface area contributed by atoms with Crippen molar-refractivity contribution in [1.29, 1.82) is 0 Å². The number of amides is 1. The van der Waals surface area contributed by atoms with Crippen molar-refractivity contribution < 1.29 is 14.3 Å². The minimum atomic E-state index is -0.531. The van der Waals surface area contributed by atoms with Gasteiger partial charge in [-0.1, -0.05) is 24.9 Å². The minimum Gasteiger partial charge on any atom is -0.464 e. The van der Waals surface area contributed by atoms with Gasteiger partial charge in [-0.05, 0) is 44.0 Å². The number of ether oxygens (including phenoxy) is 1. The number of nitrogens with one attached hydrogen (secondary N) is 2. The molecule has 1 aliphatic heterocycles.